The number of amides is 1. The van der Waals surface area contributed by atoms with E-state index in [0.29, 0.717) is 24.0 Å². The zero-order valence-electron chi connectivity index (χ0n) is 21.5. The molecule has 0 spiro atoms. The van der Waals surface area contributed by atoms with Crippen molar-refractivity contribution in [2.75, 3.05) is 36.9 Å². The number of furan rings is 1. The summed E-state index contributed by atoms with van der Waals surface area (Å²) >= 11 is 0. The second-order valence-electron chi connectivity index (χ2n) is 10.5. The molecule has 0 bridgehead atoms. The number of carbonyl (C=O) groups is 1. The summed E-state index contributed by atoms with van der Waals surface area (Å²) in [4.78, 5) is 25.8. The van der Waals surface area contributed by atoms with E-state index in [2.05, 4.69) is 20.3 Å². The highest BCUT2D eigenvalue weighted by atomic mass is 16.6. The Morgan fingerprint density at radius 3 is 2.75 bits per heavy atom. The summed E-state index contributed by atoms with van der Waals surface area (Å²) in [5.41, 5.74) is 2.91. The molecule has 5 rings (SSSR count). The van der Waals surface area contributed by atoms with E-state index in [4.69, 9.17) is 14.1 Å². The van der Waals surface area contributed by atoms with Gasteiger partial charge in [-0.25, -0.2) is 9.78 Å². The van der Waals surface area contributed by atoms with E-state index < -0.39 is 5.60 Å². The summed E-state index contributed by atoms with van der Waals surface area (Å²) in [7, 11) is 3.73. The van der Waals surface area contributed by atoms with Gasteiger partial charge in [-0.1, -0.05) is 0 Å². The number of hydrogen-bond donors (Lipinski definition) is 1. The van der Waals surface area contributed by atoms with Gasteiger partial charge in [-0.15, -0.1) is 0 Å². The van der Waals surface area contributed by atoms with Crippen molar-refractivity contribution in [2.24, 2.45) is 13.0 Å². The topological polar surface area (TPSA) is 102 Å². The second-order valence-corrected chi connectivity index (χ2v) is 10.5. The minimum absolute atomic E-state index is 0.279. The first-order chi connectivity index (χ1) is 17.2. The maximum absolute atomic E-state index is 12.3. The molecule has 10 heteroatoms. The standard InChI is InChI=1S/C26H33N7O3/c1-26(2,3)36-25(34)31(4)16-17-8-11-33(12-9-17)23-22-20(10-13-35-22)29-24(30-23)28-19-6-7-21-18(14-19)15-27-32(21)5/h6-7,10,13-15,17H,8-9,11-12,16H2,1-5H3,(H,28,29,30). The van der Waals surface area contributed by atoms with Gasteiger partial charge in [0.2, 0.25) is 5.95 Å². The first kappa shape index (κ1) is 23.9. The number of benzene rings is 1. The van der Waals surface area contributed by atoms with Gasteiger partial charge in [-0.3, -0.25) is 4.68 Å². The lowest BCUT2D eigenvalue weighted by Crippen LogP contribution is -2.41. The number of fused-ring (bicyclic) bond motifs is 2. The van der Waals surface area contributed by atoms with Crippen LogP contribution in [0.2, 0.25) is 0 Å². The summed E-state index contributed by atoms with van der Waals surface area (Å²) in [6.07, 6.45) is 5.10. The molecule has 4 aromatic rings. The highest BCUT2D eigenvalue weighted by Crippen LogP contribution is 2.31. The third kappa shape index (κ3) is 5.07. The average Bonchev–Trinajstić information content (AvgIpc) is 3.44. The molecule has 0 unspecified atom stereocenters. The van der Waals surface area contributed by atoms with Gasteiger partial charge in [0.1, 0.15) is 11.1 Å². The fourth-order valence-electron chi connectivity index (χ4n) is 4.62. The van der Waals surface area contributed by atoms with Gasteiger partial charge in [0.05, 0.1) is 18.0 Å². The van der Waals surface area contributed by atoms with Crippen LogP contribution in [-0.4, -0.2) is 63.0 Å². The van der Waals surface area contributed by atoms with Crippen molar-refractivity contribution in [1.82, 2.24) is 24.6 Å². The Balaban J connectivity index is 1.28. The van der Waals surface area contributed by atoms with Crippen molar-refractivity contribution >= 4 is 45.5 Å². The van der Waals surface area contributed by atoms with E-state index >= 15 is 0 Å². The number of hydrogen-bond acceptors (Lipinski definition) is 8. The van der Waals surface area contributed by atoms with Crippen molar-refractivity contribution < 1.29 is 13.9 Å². The molecule has 1 saturated heterocycles. The van der Waals surface area contributed by atoms with Crippen LogP contribution in [0.5, 0.6) is 0 Å². The lowest BCUT2D eigenvalue weighted by molar-refractivity contribution is 0.0266. The van der Waals surface area contributed by atoms with E-state index in [1.807, 2.05) is 63.0 Å². The second kappa shape index (κ2) is 9.33. The lowest BCUT2D eigenvalue weighted by Gasteiger charge is -2.34. The van der Waals surface area contributed by atoms with Gasteiger partial charge < -0.3 is 24.3 Å². The van der Waals surface area contributed by atoms with Gasteiger partial charge in [0.15, 0.2) is 11.4 Å². The fourth-order valence-corrected chi connectivity index (χ4v) is 4.62. The van der Waals surface area contributed by atoms with Gasteiger partial charge in [-0.2, -0.15) is 10.1 Å². The molecule has 0 aliphatic carbocycles. The molecule has 1 aliphatic heterocycles. The minimum atomic E-state index is -0.494. The van der Waals surface area contributed by atoms with Crippen molar-refractivity contribution in [3.63, 3.8) is 0 Å². The maximum atomic E-state index is 12.3. The summed E-state index contributed by atoms with van der Waals surface area (Å²) in [6, 6.07) is 7.93. The molecule has 36 heavy (non-hydrogen) atoms. The van der Waals surface area contributed by atoms with Crippen LogP contribution in [0.4, 0.5) is 22.2 Å². The molecule has 1 N–H and O–H groups in total. The number of nitrogens with one attached hydrogen (secondary N) is 1. The Morgan fingerprint density at radius 1 is 1.22 bits per heavy atom. The van der Waals surface area contributed by atoms with E-state index in [1.165, 1.54) is 0 Å². The molecule has 4 heterocycles. The van der Waals surface area contributed by atoms with Crippen LogP contribution in [0.25, 0.3) is 22.0 Å². The van der Waals surface area contributed by atoms with Gasteiger partial charge >= 0.3 is 6.09 Å². The largest absolute Gasteiger partial charge is 0.459 e. The Morgan fingerprint density at radius 2 is 2.00 bits per heavy atom. The number of piperidine rings is 1. The highest BCUT2D eigenvalue weighted by molar-refractivity contribution is 5.87. The smallest absolute Gasteiger partial charge is 0.410 e. The zero-order chi connectivity index (χ0) is 25.4. The Kier molecular flexibility index (Phi) is 6.19. The lowest BCUT2D eigenvalue weighted by atomic mass is 9.96. The Labute approximate surface area is 210 Å². The third-order valence-electron chi connectivity index (χ3n) is 6.44. The molecule has 1 amide bonds. The number of anilines is 3. The number of nitrogens with zero attached hydrogens (tertiary/aromatic N) is 6. The molecule has 0 radical (unpaired) electrons. The molecule has 1 aliphatic rings. The van der Waals surface area contributed by atoms with Crippen molar-refractivity contribution in [3.05, 3.63) is 36.7 Å². The molecular formula is C26H33N7O3. The summed E-state index contributed by atoms with van der Waals surface area (Å²) in [5, 5.41) is 8.71. The van der Waals surface area contributed by atoms with E-state index in [9.17, 15) is 4.79 Å². The quantitative estimate of drug-likeness (QED) is 0.419. The Bertz CT molecular complexity index is 1380. The van der Waals surface area contributed by atoms with E-state index in [1.54, 1.807) is 18.2 Å². The minimum Gasteiger partial charge on any atom is -0.459 e. The number of carbonyl (C=O) groups excluding carboxylic acids is 1. The van der Waals surface area contributed by atoms with Crippen LogP contribution in [0, 0.1) is 5.92 Å². The Hall–Kier alpha value is -3.82. The molecule has 3 aromatic heterocycles. The average molecular weight is 492 g/mol. The molecule has 190 valence electrons. The number of aromatic nitrogens is 4. The highest BCUT2D eigenvalue weighted by Gasteiger charge is 2.27. The van der Waals surface area contributed by atoms with Crippen LogP contribution < -0.4 is 10.2 Å². The summed E-state index contributed by atoms with van der Waals surface area (Å²) in [5.74, 6) is 1.71. The molecule has 10 nitrogen and oxygen atoms in total. The van der Waals surface area contributed by atoms with Crippen molar-refractivity contribution in [3.8, 4) is 0 Å². The number of aryl methyl sites for hydroxylation is 1. The maximum Gasteiger partial charge on any atom is 0.410 e. The van der Waals surface area contributed by atoms with Gasteiger partial charge in [0, 0.05) is 50.9 Å². The molecule has 0 saturated carbocycles. The van der Waals surface area contributed by atoms with Gasteiger partial charge in [0.25, 0.3) is 0 Å². The normalized spacial score (nSPS) is 15.0. The molecule has 1 aromatic carbocycles. The van der Waals surface area contributed by atoms with E-state index in [0.717, 1.165) is 53.9 Å². The van der Waals surface area contributed by atoms with Crippen LogP contribution in [0.15, 0.2) is 41.1 Å². The number of rotatable bonds is 5. The SMILES string of the molecule is CN(CC1CCN(c2nc(Nc3ccc4c(cnn4C)c3)nc3ccoc23)CC1)C(=O)OC(C)(C)C. The number of ether oxygens (including phenoxy) is 1. The van der Waals surface area contributed by atoms with Crippen LogP contribution >= 0.6 is 0 Å². The third-order valence-corrected chi connectivity index (χ3v) is 6.44. The van der Waals surface area contributed by atoms with Gasteiger partial charge in [-0.05, 0) is 57.7 Å². The van der Waals surface area contributed by atoms with E-state index in [-0.39, 0.29) is 6.09 Å². The molecular weight excluding hydrogens is 458 g/mol. The van der Waals surface area contributed by atoms with Crippen LogP contribution in [0.1, 0.15) is 33.6 Å². The zero-order valence-corrected chi connectivity index (χ0v) is 21.5. The summed E-state index contributed by atoms with van der Waals surface area (Å²) in [6.45, 7) is 7.96. The predicted molar refractivity (Wildman–Crippen MR) is 140 cm³/mol. The van der Waals surface area contributed by atoms with Crippen molar-refractivity contribution in [1.29, 1.82) is 0 Å². The first-order valence-electron chi connectivity index (χ1n) is 12.3. The monoisotopic (exact) mass is 491 g/mol. The van der Waals surface area contributed by atoms with Crippen LogP contribution in [0.3, 0.4) is 0 Å². The first-order valence-corrected chi connectivity index (χ1v) is 12.3. The fraction of sp³-hybridized carbons (Fsp3) is 0.462. The summed E-state index contributed by atoms with van der Waals surface area (Å²) < 4.78 is 13.1. The molecule has 1 fully saturated rings. The molecule has 0 atom stereocenters. The van der Waals surface area contributed by atoms with Crippen molar-refractivity contribution in [2.45, 2.75) is 39.2 Å². The van der Waals surface area contributed by atoms with Crippen LogP contribution in [-0.2, 0) is 11.8 Å². The predicted octanol–water partition coefficient (Wildman–Crippen LogP) is 4.94.